The Labute approximate surface area is 168 Å². The SMILES string of the molecule is CN(C)S(=O)(=O)N1CCC(N2CCC[C@H](C(=O)NCc3cccnc3)C2)CC1. The quantitative estimate of drug-likeness (QED) is 0.747. The summed E-state index contributed by atoms with van der Waals surface area (Å²) in [5.41, 5.74) is 0.998. The Kier molecular flexibility index (Phi) is 7.03. The molecule has 8 nitrogen and oxygen atoms in total. The van der Waals surface area contributed by atoms with Gasteiger partial charge in [-0.15, -0.1) is 0 Å². The molecule has 0 aromatic carbocycles. The van der Waals surface area contributed by atoms with Crippen molar-refractivity contribution in [1.82, 2.24) is 23.8 Å². The number of amides is 1. The normalized spacial score (nSPS) is 23.0. The summed E-state index contributed by atoms with van der Waals surface area (Å²) in [6, 6.07) is 4.17. The molecule has 0 saturated carbocycles. The summed E-state index contributed by atoms with van der Waals surface area (Å²) in [7, 11) is -0.193. The van der Waals surface area contributed by atoms with E-state index in [-0.39, 0.29) is 11.8 Å². The maximum absolute atomic E-state index is 12.6. The van der Waals surface area contributed by atoms with Crippen molar-refractivity contribution in [3.63, 3.8) is 0 Å². The lowest BCUT2D eigenvalue weighted by Crippen LogP contribution is -2.52. The number of carbonyl (C=O) groups excluding carboxylic acids is 1. The maximum Gasteiger partial charge on any atom is 0.281 e. The highest BCUT2D eigenvalue weighted by molar-refractivity contribution is 7.86. The largest absolute Gasteiger partial charge is 0.352 e. The molecule has 1 N–H and O–H groups in total. The van der Waals surface area contributed by atoms with Crippen molar-refractivity contribution < 1.29 is 13.2 Å². The zero-order valence-corrected chi connectivity index (χ0v) is 17.6. The predicted octanol–water partition coefficient (Wildman–Crippen LogP) is 0.681. The van der Waals surface area contributed by atoms with E-state index in [1.807, 2.05) is 12.1 Å². The zero-order valence-electron chi connectivity index (χ0n) is 16.7. The highest BCUT2D eigenvalue weighted by Crippen LogP contribution is 2.25. The van der Waals surface area contributed by atoms with Crippen molar-refractivity contribution in [3.05, 3.63) is 30.1 Å². The summed E-state index contributed by atoms with van der Waals surface area (Å²) in [6.07, 6.45) is 7.03. The van der Waals surface area contributed by atoms with Crippen molar-refractivity contribution in [2.24, 2.45) is 5.92 Å². The smallest absolute Gasteiger partial charge is 0.281 e. The van der Waals surface area contributed by atoms with Crippen LogP contribution in [0, 0.1) is 5.92 Å². The summed E-state index contributed by atoms with van der Waals surface area (Å²) in [4.78, 5) is 19.1. The zero-order chi connectivity index (χ0) is 20.1. The molecule has 1 aromatic heterocycles. The fourth-order valence-corrected chi connectivity index (χ4v) is 5.19. The first-order chi connectivity index (χ1) is 13.4. The first-order valence-electron chi connectivity index (χ1n) is 9.96. The van der Waals surface area contributed by atoms with Crippen LogP contribution in [-0.2, 0) is 21.5 Å². The van der Waals surface area contributed by atoms with Gasteiger partial charge in [0.05, 0.1) is 5.92 Å². The molecular weight excluding hydrogens is 378 g/mol. The molecule has 156 valence electrons. The van der Waals surface area contributed by atoms with E-state index in [2.05, 4.69) is 15.2 Å². The number of nitrogens with zero attached hydrogens (tertiary/aromatic N) is 4. The minimum Gasteiger partial charge on any atom is -0.352 e. The van der Waals surface area contributed by atoms with Crippen LogP contribution in [0.2, 0.25) is 0 Å². The number of carbonyl (C=O) groups is 1. The van der Waals surface area contributed by atoms with E-state index in [0.717, 1.165) is 44.3 Å². The van der Waals surface area contributed by atoms with Crippen LogP contribution in [0.25, 0.3) is 0 Å². The standard InChI is InChI=1S/C19H31N5O3S/c1-22(2)28(26,27)24-11-7-18(8-12-24)23-10-4-6-17(15-23)19(25)21-14-16-5-3-9-20-13-16/h3,5,9,13,17-18H,4,6-8,10-12,14-15H2,1-2H3,(H,21,25)/t17-/m0/s1. The summed E-state index contributed by atoms with van der Waals surface area (Å²) >= 11 is 0. The Hall–Kier alpha value is -1.55. The van der Waals surface area contributed by atoms with Gasteiger partial charge in [-0.1, -0.05) is 6.07 Å². The Balaban J connectivity index is 1.49. The van der Waals surface area contributed by atoms with E-state index in [4.69, 9.17) is 0 Å². The third-order valence-corrected chi connectivity index (χ3v) is 7.68. The monoisotopic (exact) mass is 409 g/mol. The molecule has 3 rings (SSSR count). The van der Waals surface area contributed by atoms with Crippen LogP contribution in [0.3, 0.4) is 0 Å². The van der Waals surface area contributed by atoms with Crippen LogP contribution in [0.4, 0.5) is 0 Å². The molecule has 1 aromatic rings. The van der Waals surface area contributed by atoms with Gasteiger partial charge >= 0.3 is 0 Å². The average Bonchev–Trinajstić information content (AvgIpc) is 2.73. The van der Waals surface area contributed by atoms with Crippen molar-refractivity contribution in [2.45, 2.75) is 38.3 Å². The summed E-state index contributed by atoms with van der Waals surface area (Å²) in [5, 5.41) is 3.03. The van der Waals surface area contributed by atoms with Gasteiger partial charge in [-0.2, -0.15) is 17.0 Å². The van der Waals surface area contributed by atoms with Crippen molar-refractivity contribution in [2.75, 3.05) is 40.3 Å². The minimum absolute atomic E-state index is 0.00559. The Bertz CT molecular complexity index is 748. The van der Waals surface area contributed by atoms with Gasteiger partial charge in [-0.05, 0) is 43.9 Å². The lowest BCUT2D eigenvalue weighted by molar-refractivity contribution is -0.127. The second-order valence-corrected chi connectivity index (χ2v) is 9.98. The van der Waals surface area contributed by atoms with Crippen LogP contribution in [0.1, 0.15) is 31.2 Å². The number of likely N-dealkylation sites (tertiary alicyclic amines) is 1. The minimum atomic E-state index is -3.33. The number of pyridine rings is 1. The fourth-order valence-electron chi connectivity index (χ4n) is 4.06. The Morgan fingerprint density at radius 2 is 2.00 bits per heavy atom. The molecule has 0 spiro atoms. The lowest BCUT2D eigenvalue weighted by Gasteiger charge is -2.42. The third kappa shape index (κ3) is 5.08. The van der Waals surface area contributed by atoms with E-state index in [9.17, 15) is 13.2 Å². The van der Waals surface area contributed by atoms with E-state index in [0.29, 0.717) is 25.7 Å². The van der Waals surface area contributed by atoms with Gasteiger partial charge in [0.1, 0.15) is 0 Å². The van der Waals surface area contributed by atoms with E-state index < -0.39 is 10.2 Å². The van der Waals surface area contributed by atoms with Gasteiger partial charge in [0.15, 0.2) is 0 Å². The summed E-state index contributed by atoms with van der Waals surface area (Å²) in [6.45, 7) is 3.32. The molecule has 3 heterocycles. The van der Waals surface area contributed by atoms with Gasteiger partial charge < -0.3 is 5.32 Å². The molecule has 2 aliphatic rings. The van der Waals surface area contributed by atoms with Crippen LogP contribution in [-0.4, -0.2) is 79.1 Å². The number of aromatic nitrogens is 1. The highest BCUT2D eigenvalue weighted by Gasteiger charge is 2.34. The topological polar surface area (TPSA) is 85.9 Å². The molecule has 2 aliphatic heterocycles. The molecular formula is C19H31N5O3S. The molecule has 1 atom stereocenters. The molecule has 2 saturated heterocycles. The molecule has 0 unspecified atom stereocenters. The number of hydrogen-bond donors (Lipinski definition) is 1. The molecule has 0 bridgehead atoms. The van der Waals surface area contributed by atoms with Crippen molar-refractivity contribution >= 4 is 16.1 Å². The molecule has 2 fully saturated rings. The van der Waals surface area contributed by atoms with E-state index in [1.165, 1.54) is 4.31 Å². The molecule has 9 heteroatoms. The Morgan fingerprint density at radius 1 is 1.25 bits per heavy atom. The lowest BCUT2D eigenvalue weighted by atomic mass is 9.93. The summed E-state index contributed by atoms with van der Waals surface area (Å²) < 4.78 is 27.4. The number of piperidine rings is 2. The fraction of sp³-hybridized carbons (Fsp3) is 0.684. The second kappa shape index (κ2) is 9.30. The molecule has 28 heavy (non-hydrogen) atoms. The number of hydrogen-bond acceptors (Lipinski definition) is 5. The van der Waals surface area contributed by atoms with Gasteiger partial charge in [0.25, 0.3) is 10.2 Å². The van der Waals surface area contributed by atoms with Crippen molar-refractivity contribution in [1.29, 1.82) is 0 Å². The van der Waals surface area contributed by atoms with Crippen molar-refractivity contribution in [3.8, 4) is 0 Å². The number of rotatable bonds is 6. The first kappa shape index (κ1) is 21.2. The molecule has 1 amide bonds. The van der Waals surface area contributed by atoms with E-state index in [1.54, 1.807) is 30.8 Å². The third-order valence-electron chi connectivity index (χ3n) is 5.74. The van der Waals surface area contributed by atoms with Gasteiger partial charge in [0, 0.05) is 58.7 Å². The van der Waals surface area contributed by atoms with Gasteiger partial charge in [-0.3, -0.25) is 14.7 Å². The van der Waals surface area contributed by atoms with E-state index >= 15 is 0 Å². The highest BCUT2D eigenvalue weighted by atomic mass is 32.2. The maximum atomic E-state index is 12.6. The summed E-state index contributed by atoms with van der Waals surface area (Å²) in [5.74, 6) is 0.0927. The molecule has 0 aliphatic carbocycles. The van der Waals surface area contributed by atoms with Crippen LogP contribution in [0.5, 0.6) is 0 Å². The Morgan fingerprint density at radius 3 is 2.64 bits per heavy atom. The predicted molar refractivity (Wildman–Crippen MR) is 108 cm³/mol. The second-order valence-electron chi connectivity index (χ2n) is 7.83. The number of nitrogens with one attached hydrogen (secondary N) is 1. The van der Waals surface area contributed by atoms with Gasteiger partial charge in [0.2, 0.25) is 5.91 Å². The van der Waals surface area contributed by atoms with Gasteiger partial charge in [-0.25, -0.2) is 0 Å². The van der Waals surface area contributed by atoms with Crippen LogP contribution < -0.4 is 5.32 Å². The van der Waals surface area contributed by atoms with Crippen LogP contribution in [0.15, 0.2) is 24.5 Å². The molecule has 0 radical (unpaired) electrons. The average molecular weight is 410 g/mol. The first-order valence-corrected chi connectivity index (χ1v) is 11.4. The van der Waals surface area contributed by atoms with Crippen LogP contribution >= 0.6 is 0 Å².